The number of hydrogen-bond acceptors (Lipinski definition) is 8. The van der Waals surface area contributed by atoms with E-state index < -0.39 is 48.0 Å². The third-order valence-corrected chi connectivity index (χ3v) is 11.8. The molecule has 2 atom stereocenters. The highest BCUT2D eigenvalue weighted by Gasteiger charge is 2.33. The molecule has 3 aliphatic carbocycles. The first-order chi connectivity index (χ1) is 23.1. The van der Waals surface area contributed by atoms with E-state index in [-0.39, 0.29) is 24.9 Å². The van der Waals surface area contributed by atoms with E-state index in [2.05, 4.69) is 6.07 Å². The van der Waals surface area contributed by atoms with Crippen LogP contribution in [-0.2, 0) is 46.2 Å². The molecule has 0 aliphatic heterocycles. The van der Waals surface area contributed by atoms with Crippen molar-refractivity contribution in [3.8, 4) is 22.3 Å². The zero-order valence-electron chi connectivity index (χ0n) is 26.8. The molecule has 1 saturated carbocycles. The maximum absolute atomic E-state index is 11.8. The van der Waals surface area contributed by atoms with Crippen LogP contribution in [0.5, 0.6) is 0 Å². The molecule has 14 heteroatoms. The van der Waals surface area contributed by atoms with Gasteiger partial charge in [0.1, 0.15) is 24.2 Å². The van der Waals surface area contributed by atoms with Crippen molar-refractivity contribution >= 4 is 36.4 Å². The van der Waals surface area contributed by atoms with Crippen LogP contribution in [0.15, 0.2) is 60.4 Å². The Balaban J connectivity index is 1.31. The Hall–Kier alpha value is -3.11. The highest BCUT2D eigenvalue weighted by atomic mass is 32.2. The van der Waals surface area contributed by atoms with Gasteiger partial charge in [-0.15, -0.1) is 0 Å². The Kier molecular flexibility index (Phi) is 10.4. The molecular weight excluding hydrogens is 693 g/mol. The summed E-state index contributed by atoms with van der Waals surface area (Å²) < 4.78 is 108. The molecule has 0 spiro atoms. The fourth-order valence-electron chi connectivity index (χ4n) is 7.44. The average molecular weight is 733 g/mol. The van der Waals surface area contributed by atoms with Crippen molar-refractivity contribution in [3.63, 3.8) is 0 Å². The van der Waals surface area contributed by atoms with E-state index in [9.17, 15) is 34.4 Å². The van der Waals surface area contributed by atoms with E-state index >= 15 is 0 Å². The van der Waals surface area contributed by atoms with Crippen LogP contribution >= 0.6 is 0 Å². The lowest BCUT2D eigenvalue weighted by Gasteiger charge is -2.31. The minimum Gasteiger partial charge on any atom is -0.496 e. The molecule has 3 aromatic rings. The van der Waals surface area contributed by atoms with Gasteiger partial charge in [0.2, 0.25) is 0 Å². The fourth-order valence-corrected chi connectivity index (χ4v) is 8.59. The van der Waals surface area contributed by atoms with E-state index in [0.717, 1.165) is 82.2 Å². The molecule has 3 aliphatic rings. The van der Waals surface area contributed by atoms with Gasteiger partial charge in [-0.3, -0.25) is 13.7 Å². The third-order valence-electron chi connectivity index (χ3n) is 9.73. The minimum atomic E-state index is -4.25. The van der Waals surface area contributed by atoms with Crippen LogP contribution in [0, 0.1) is 5.92 Å². The molecule has 0 heterocycles. The Labute approximate surface area is 287 Å². The van der Waals surface area contributed by atoms with Gasteiger partial charge in [-0.25, -0.2) is 0 Å². The summed E-state index contributed by atoms with van der Waals surface area (Å²) in [5.74, 6) is -0.534. The first kappa shape index (κ1) is 35.7. The number of benzene rings is 3. The Bertz CT molecular complexity index is 2080. The van der Waals surface area contributed by atoms with Gasteiger partial charge >= 0.3 is 0 Å². The van der Waals surface area contributed by atoms with Gasteiger partial charge in [0.25, 0.3) is 30.4 Å². The van der Waals surface area contributed by atoms with Crippen LogP contribution in [0.1, 0.15) is 78.4 Å². The van der Waals surface area contributed by atoms with E-state index in [1.54, 1.807) is 0 Å². The zero-order valence-corrected chi connectivity index (χ0v) is 29.3. The Morgan fingerprint density at radius 3 is 2.08 bits per heavy atom. The standard InChI is InChI=1S/C35H40O11S3/c36-47(37,38)15-12-30(23-4-2-1-3-5-23)27-9-11-32-33(22-27)31-10-8-26(21-34(31)35(32)46-14-17-49(42,43)44)24-6-7-25-19-29(20-28(25)18-24)45-13-16-48(39,40)41/h6-11,18-19,21-23,30,35H,1-5,12-17,20H2,(H,36,37,38)(H,39,40,41)(H,42,43,44). The fraction of sp³-hybridized carbons (Fsp3) is 0.429. The number of rotatable bonds is 14. The normalized spacial score (nSPS) is 18.4. The van der Waals surface area contributed by atoms with Gasteiger partial charge < -0.3 is 9.47 Å². The quantitative estimate of drug-likeness (QED) is 0.164. The lowest BCUT2D eigenvalue weighted by Crippen LogP contribution is -2.20. The van der Waals surface area contributed by atoms with Crippen LogP contribution in [0.4, 0.5) is 0 Å². The van der Waals surface area contributed by atoms with E-state index in [1.165, 1.54) is 0 Å². The van der Waals surface area contributed by atoms with E-state index in [1.807, 2.05) is 54.6 Å². The predicted octanol–water partition coefficient (Wildman–Crippen LogP) is 6.07. The summed E-state index contributed by atoms with van der Waals surface area (Å²) >= 11 is 0. The molecule has 1 fully saturated rings. The summed E-state index contributed by atoms with van der Waals surface area (Å²) in [6.45, 7) is -0.377. The molecule has 3 N–H and O–H groups in total. The second kappa shape index (κ2) is 14.3. The monoisotopic (exact) mass is 732 g/mol. The SMILES string of the molecule is O=S(=O)(O)CCOC1=Cc2ccc(-c3ccc4c(c3)C(OCCS(=O)(=O)O)c3ccc(C(CCS(=O)(=O)O)C5CCCCC5)cc3-4)cc2C1. The summed E-state index contributed by atoms with van der Waals surface area (Å²) in [5.41, 5.74) is 8.24. The van der Waals surface area contributed by atoms with Crippen molar-refractivity contribution in [1.29, 1.82) is 0 Å². The minimum absolute atomic E-state index is 0.0586. The summed E-state index contributed by atoms with van der Waals surface area (Å²) in [7, 11) is -12.5. The number of fused-ring (bicyclic) bond motifs is 4. The maximum Gasteiger partial charge on any atom is 0.268 e. The van der Waals surface area contributed by atoms with Crippen molar-refractivity contribution in [2.75, 3.05) is 30.5 Å². The number of ether oxygens (including phenoxy) is 2. The van der Waals surface area contributed by atoms with Crippen LogP contribution in [0.2, 0.25) is 0 Å². The summed E-state index contributed by atoms with van der Waals surface area (Å²) in [6, 6.07) is 18.0. The molecule has 2 unspecified atom stereocenters. The first-order valence-corrected chi connectivity index (χ1v) is 21.2. The maximum atomic E-state index is 11.8. The largest absolute Gasteiger partial charge is 0.496 e. The van der Waals surface area contributed by atoms with Crippen LogP contribution in [0.3, 0.4) is 0 Å². The van der Waals surface area contributed by atoms with Crippen molar-refractivity contribution in [2.24, 2.45) is 5.92 Å². The number of allylic oxidation sites excluding steroid dienone is 1. The highest BCUT2D eigenvalue weighted by Crippen LogP contribution is 2.49. The second-order valence-corrected chi connectivity index (χ2v) is 17.8. The van der Waals surface area contributed by atoms with Gasteiger partial charge in [-0.1, -0.05) is 67.8 Å². The van der Waals surface area contributed by atoms with Gasteiger partial charge in [0, 0.05) is 6.42 Å². The molecule has 0 radical (unpaired) electrons. The van der Waals surface area contributed by atoms with Crippen LogP contribution in [-0.4, -0.2) is 69.4 Å². The summed E-state index contributed by atoms with van der Waals surface area (Å²) in [5, 5.41) is 0. The van der Waals surface area contributed by atoms with Gasteiger partial charge in [0.05, 0.1) is 18.1 Å². The van der Waals surface area contributed by atoms with E-state index in [4.69, 9.17) is 14.0 Å². The average Bonchev–Trinajstić information content (AvgIpc) is 3.57. The van der Waals surface area contributed by atoms with Gasteiger partial charge in [0.15, 0.2) is 0 Å². The molecule has 49 heavy (non-hydrogen) atoms. The Morgan fingerprint density at radius 1 is 0.694 bits per heavy atom. The molecular formula is C35H40O11S3. The third kappa shape index (κ3) is 8.98. The molecule has 0 bridgehead atoms. The van der Waals surface area contributed by atoms with Crippen molar-refractivity contribution in [2.45, 2.75) is 57.0 Å². The molecule has 0 amide bonds. The van der Waals surface area contributed by atoms with Crippen molar-refractivity contribution < 1.29 is 48.4 Å². The first-order valence-electron chi connectivity index (χ1n) is 16.4. The molecule has 264 valence electrons. The smallest absolute Gasteiger partial charge is 0.268 e. The summed E-state index contributed by atoms with van der Waals surface area (Å²) in [4.78, 5) is 0. The molecule has 3 aromatic carbocycles. The summed E-state index contributed by atoms with van der Waals surface area (Å²) in [6.07, 6.45) is 7.30. The molecule has 6 rings (SSSR count). The molecule has 11 nitrogen and oxygen atoms in total. The highest BCUT2D eigenvalue weighted by molar-refractivity contribution is 7.86. The lowest BCUT2D eigenvalue weighted by atomic mass is 9.75. The van der Waals surface area contributed by atoms with E-state index in [0.29, 0.717) is 24.5 Å². The molecule has 0 aromatic heterocycles. The molecule has 0 saturated heterocycles. The van der Waals surface area contributed by atoms with Gasteiger partial charge in [-0.05, 0) is 93.3 Å². The van der Waals surface area contributed by atoms with Crippen molar-refractivity contribution in [1.82, 2.24) is 0 Å². The van der Waals surface area contributed by atoms with Crippen LogP contribution < -0.4 is 0 Å². The van der Waals surface area contributed by atoms with Gasteiger partial charge in [-0.2, -0.15) is 25.3 Å². The number of hydrogen-bond donors (Lipinski definition) is 3. The van der Waals surface area contributed by atoms with Crippen molar-refractivity contribution in [3.05, 3.63) is 88.2 Å². The Morgan fingerprint density at radius 2 is 1.37 bits per heavy atom. The van der Waals surface area contributed by atoms with Crippen LogP contribution in [0.25, 0.3) is 28.3 Å². The zero-order chi connectivity index (χ0) is 35.0. The predicted molar refractivity (Wildman–Crippen MR) is 186 cm³/mol. The lowest BCUT2D eigenvalue weighted by molar-refractivity contribution is 0.0950. The topological polar surface area (TPSA) is 182 Å². The second-order valence-electron chi connectivity index (χ2n) is 13.1.